The number of rotatable bonds is 6. The third-order valence-electron chi connectivity index (χ3n) is 5.06. The van der Waals surface area contributed by atoms with Gasteiger partial charge >= 0.3 is 12.3 Å². The predicted molar refractivity (Wildman–Crippen MR) is 108 cm³/mol. The van der Waals surface area contributed by atoms with Gasteiger partial charge in [0, 0.05) is 24.8 Å². The van der Waals surface area contributed by atoms with Gasteiger partial charge in [-0.1, -0.05) is 19.3 Å². The SMILES string of the molecule is CC(C)(C)OC(=O)NCC(NC(=O)Cn1cc(C(F)(F)F)ccc1=O)C1CCCCC1. The van der Waals surface area contributed by atoms with Crippen molar-refractivity contribution >= 4 is 12.0 Å². The van der Waals surface area contributed by atoms with E-state index in [9.17, 15) is 27.6 Å². The number of alkyl carbamates (subject to hydrolysis) is 1. The summed E-state index contributed by atoms with van der Waals surface area (Å²) in [5, 5.41) is 5.44. The molecule has 1 unspecified atom stereocenters. The van der Waals surface area contributed by atoms with Crippen LogP contribution in [0.3, 0.4) is 0 Å². The predicted octanol–water partition coefficient (Wildman–Crippen LogP) is 3.46. The van der Waals surface area contributed by atoms with E-state index in [1.54, 1.807) is 20.8 Å². The summed E-state index contributed by atoms with van der Waals surface area (Å²) < 4.78 is 44.7. The van der Waals surface area contributed by atoms with Crippen LogP contribution in [-0.4, -0.2) is 34.8 Å². The lowest BCUT2D eigenvalue weighted by Crippen LogP contribution is -2.50. The number of alkyl halides is 3. The third kappa shape index (κ3) is 8.26. The first-order valence-corrected chi connectivity index (χ1v) is 10.4. The molecule has 10 heteroatoms. The minimum Gasteiger partial charge on any atom is -0.444 e. The summed E-state index contributed by atoms with van der Waals surface area (Å²) >= 11 is 0. The second-order valence-corrected chi connectivity index (χ2v) is 8.84. The Hall–Kier alpha value is -2.52. The molecule has 2 rings (SSSR count). The number of amides is 2. The molecule has 174 valence electrons. The molecule has 2 N–H and O–H groups in total. The molecule has 2 amide bonds. The van der Waals surface area contributed by atoms with Crippen molar-refractivity contribution in [3.8, 4) is 0 Å². The van der Waals surface area contributed by atoms with Crippen molar-refractivity contribution in [3.05, 3.63) is 34.2 Å². The zero-order valence-electron chi connectivity index (χ0n) is 18.1. The minimum atomic E-state index is -4.62. The van der Waals surface area contributed by atoms with Gasteiger partial charge in [-0.25, -0.2) is 4.79 Å². The molecule has 1 saturated carbocycles. The maximum atomic E-state index is 12.9. The van der Waals surface area contributed by atoms with Gasteiger partial charge in [-0.2, -0.15) is 13.2 Å². The largest absolute Gasteiger partial charge is 0.444 e. The van der Waals surface area contributed by atoms with E-state index in [1.165, 1.54) is 0 Å². The zero-order valence-corrected chi connectivity index (χ0v) is 18.1. The van der Waals surface area contributed by atoms with Gasteiger partial charge in [0.1, 0.15) is 12.1 Å². The number of nitrogens with one attached hydrogen (secondary N) is 2. The van der Waals surface area contributed by atoms with Crippen LogP contribution in [0.5, 0.6) is 0 Å². The molecule has 1 aliphatic carbocycles. The highest BCUT2D eigenvalue weighted by atomic mass is 19.4. The fourth-order valence-corrected chi connectivity index (χ4v) is 3.61. The molecular weight excluding hydrogens is 415 g/mol. The summed E-state index contributed by atoms with van der Waals surface area (Å²) in [5.41, 5.74) is -2.38. The second kappa shape index (κ2) is 10.2. The number of ether oxygens (including phenoxy) is 1. The van der Waals surface area contributed by atoms with Gasteiger partial charge in [-0.3, -0.25) is 9.59 Å². The number of nitrogens with zero attached hydrogens (tertiary/aromatic N) is 1. The topological polar surface area (TPSA) is 89.4 Å². The summed E-state index contributed by atoms with van der Waals surface area (Å²) in [6.45, 7) is 4.79. The Kier molecular flexibility index (Phi) is 8.14. The molecule has 1 atom stereocenters. The molecular formula is C21H30F3N3O4. The number of carbonyl (C=O) groups excluding carboxylic acids is 2. The standard InChI is InChI=1S/C21H30F3N3O4/c1-20(2,3)31-19(30)25-11-16(14-7-5-4-6-8-14)26-17(28)13-27-12-15(21(22,23)24)9-10-18(27)29/h9-10,12,14,16H,4-8,11,13H2,1-3H3,(H,25,30)(H,26,28). The second-order valence-electron chi connectivity index (χ2n) is 8.84. The molecule has 1 fully saturated rings. The number of halogens is 3. The van der Waals surface area contributed by atoms with Crippen molar-refractivity contribution in [2.75, 3.05) is 6.54 Å². The summed E-state index contributed by atoms with van der Waals surface area (Å²) in [7, 11) is 0. The first-order chi connectivity index (χ1) is 14.3. The monoisotopic (exact) mass is 445 g/mol. The van der Waals surface area contributed by atoms with E-state index < -0.39 is 47.5 Å². The first-order valence-electron chi connectivity index (χ1n) is 10.4. The van der Waals surface area contributed by atoms with Gasteiger partial charge in [0.05, 0.1) is 5.56 Å². The Morgan fingerprint density at radius 2 is 1.81 bits per heavy atom. The highest BCUT2D eigenvalue weighted by Crippen LogP contribution is 2.28. The number of carbonyl (C=O) groups is 2. The van der Waals surface area contributed by atoms with Crippen molar-refractivity contribution in [1.29, 1.82) is 0 Å². The fourth-order valence-electron chi connectivity index (χ4n) is 3.61. The van der Waals surface area contributed by atoms with Gasteiger partial charge in [0.25, 0.3) is 5.56 Å². The Balaban J connectivity index is 2.07. The Morgan fingerprint density at radius 3 is 2.39 bits per heavy atom. The molecule has 0 bridgehead atoms. The van der Waals surface area contributed by atoms with E-state index in [4.69, 9.17) is 4.74 Å². The van der Waals surface area contributed by atoms with Crippen molar-refractivity contribution in [1.82, 2.24) is 15.2 Å². The van der Waals surface area contributed by atoms with Gasteiger partial charge in [-0.15, -0.1) is 0 Å². The molecule has 1 aromatic rings. The quantitative estimate of drug-likeness (QED) is 0.702. The molecule has 1 aromatic heterocycles. The van der Waals surface area contributed by atoms with E-state index in [0.29, 0.717) is 12.3 Å². The number of pyridine rings is 1. The van der Waals surface area contributed by atoms with E-state index >= 15 is 0 Å². The molecule has 1 aliphatic rings. The molecule has 1 heterocycles. The summed E-state index contributed by atoms with van der Waals surface area (Å²) in [6.07, 6.45) is 0.222. The fraction of sp³-hybridized carbons (Fsp3) is 0.667. The van der Waals surface area contributed by atoms with Crippen LogP contribution in [0, 0.1) is 5.92 Å². The Labute approximate surface area is 179 Å². The van der Waals surface area contributed by atoms with E-state index in [-0.39, 0.29) is 12.5 Å². The highest BCUT2D eigenvalue weighted by molar-refractivity contribution is 5.76. The lowest BCUT2D eigenvalue weighted by Gasteiger charge is -2.31. The van der Waals surface area contributed by atoms with E-state index in [2.05, 4.69) is 10.6 Å². The number of hydrogen-bond donors (Lipinski definition) is 2. The zero-order chi connectivity index (χ0) is 23.2. The maximum Gasteiger partial charge on any atom is 0.417 e. The molecule has 0 aromatic carbocycles. The van der Waals surface area contributed by atoms with Gasteiger partial charge in [0.15, 0.2) is 0 Å². The summed E-state index contributed by atoms with van der Waals surface area (Å²) in [5.74, 6) is -0.478. The van der Waals surface area contributed by atoms with E-state index in [1.807, 2.05) is 0 Å². The Bertz CT molecular complexity index is 824. The Morgan fingerprint density at radius 1 is 1.16 bits per heavy atom. The van der Waals surface area contributed by atoms with Crippen LogP contribution < -0.4 is 16.2 Å². The van der Waals surface area contributed by atoms with Gasteiger partial charge in [-0.05, 0) is 45.6 Å². The third-order valence-corrected chi connectivity index (χ3v) is 5.06. The lowest BCUT2D eigenvalue weighted by molar-refractivity contribution is -0.138. The van der Waals surface area contributed by atoms with Crippen molar-refractivity contribution in [2.45, 2.75) is 77.2 Å². The average Bonchev–Trinajstić information content (AvgIpc) is 2.65. The van der Waals surface area contributed by atoms with Crippen LogP contribution in [0.25, 0.3) is 0 Å². The minimum absolute atomic E-state index is 0.117. The average molecular weight is 445 g/mol. The van der Waals surface area contributed by atoms with Crippen molar-refractivity contribution < 1.29 is 27.5 Å². The number of hydrogen-bond acceptors (Lipinski definition) is 4. The molecule has 0 radical (unpaired) electrons. The van der Waals surface area contributed by atoms with Crippen LogP contribution in [0.1, 0.15) is 58.4 Å². The molecule has 0 aliphatic heterocycles. The summed E-state index contributed by atoms with van der Waals surface area (Å²) in [6, 6.07) is 1.06. The highest BCUT2D eigenvalue weighted by Gasteiger charge is 2.31. The molecule has 0 spiro atoms. The van der Waals surface area contributed by atoms with Crippen molar-refractivity contribution in [2.24, 2.45) is 5.92 Å². The van der Waals surface area contributed by atoms with Crippen LogP contribution in [0.15, 0.2) is 23.1 Å². The van der Waals surface area contributed by atoms with Crippen molar-refractivity contribution in [3.63, 3.8) is 0 Å². The first kappa shape index (κ1) is 24.7. The maximum absolute atomic E-state index is 12.9. The smallest absolute Gasteiger partial charge is 0.417 e. The van der Waals surface area contributed by atoms with Crippen LogP contribution in [0.4, 0.5) is 18.0 Å². The molecule has 7 nitrogen and oxygen atoms in total. The lowest BCUT2D eigenvalue weighted by atomic mass is 9.84. The van der Waals surface area contributed by atoms with E-state index in [0.717, 1.165) is 42.7 Å². The van der Waals surface area contributed by atoms with Gasteiger partial charge in [0.2, 0.25) is 5.91 Å². The van der Waals surface area contributed by atoms with Gasteiger partial charge < -0.3 is 19.9 Å². The van der Waals surface area contributed by atoms with Crippen LogP contribution >= 0.6 is 0 Å². The number of aromatic nitrogens is 1. The molecule has 0 saturated heterocycles. The van der Waals surface area contributed by atoms with Crippen LogP contribution in [0.2, 0.25) is 0 Å². The van der Waals surface area contributed by atoms with Crippen LogP contribution in [-0.2, 0) is 22.3 Å². The normalized spacial score (nSPS) is 16.5. The molecule has 31 heavy (non-hydrogen) atoms. The summed E-state index contributed by atoms with van der Waals surface area (Å²) in [4.78, 5) is 36.5.